The van der Waals surface area contributed by atoms with E-state index >= 15 is 0 Å². The minimum atomic E-state index is -0.00826. The Morgan fingerprint density at radius 1 is 1.16 bits per heavy atom. The van der Waals surface area contributed by atoms with Crippen LogP contribution in [0.1, 0.15) is 18.5 Å². The minimum Gasteiger partial charge on any atom is -0.390 e. The first-order valence-electron chi connectivity index (χ1n) is 7.25. The second-order valence-corrected chi connectivity index (χ2v) is 6.12. The highest BCUT2D eigenvalue weighted by Gasteiger charge is 2.44. The zero-order chi connectivity index (χ0) is 12.8. The summed E-state index contributed by atoms with van der Waals surface area (Å²) in [5, 5.41) is 9.15. The summed E-state index contributed by atoms with van der Waals surface area (Å²) < 4.78 is 0. The monoisotopic (exact) mass is 260 g/mol. The molecule has 0 aromatic carbocycles. The molecule has 1 aliphatic carbocycles. The number of aromatic nitrogens is 2. The molecule has 0 amide bonds. The third kappa shape index (κ3) is 2.11. The fourth-order valence-corrected chi connectivity index (χ4v) is 3.56. The lowest BCUT2D eigenvalue weighted by Gasteiger charge is -2.21. The summed E-state index contributed by atoms with van der Waals surface area (Å²) in [4.78, 5) is 13.7. The van der Waals surface area contributed by atoms with Gasteiger partial charge in [-0.2, -0.15) is 0 Å². The van der Waals surface area contributed by atoms with Crippen LogP contribution in [0.25, 0.3) is 0 Å². The molecule has 2 saturated heterocycles. The van der Waals surface area contributed by atoms with Crippen molar-refractivity contribution in [3.05, 3.63) is 18.0 Å². The molecular weight excluding hydrogens is 240 g/mol. The highest BCUT2D eigenvalue weighted by Crippen LogP contribution is 2.38. The van der Waals surface area contributed by atoms with E-state index in [1.807, 2.05) is 0 Å². The van der Waals surface area contributed by atoms with Gasteiger partial charge < -0.3 is 10.0 Å². The van der Waals surface area contributed by atoms with Crippen LogP contribution in [0.3, 0.4) is 0 Å². The normalized spacial score (nSPS) is 30.9. The van der Waals surface area contributed by atoms with Crippen LogP contribution in [-0.4, -0.2) is 52.2 Å². The molecule has 1 aromatic heterocycles. The van der Waals surface area contributed by atoms with Gasteiger partial charge in [-0.15, -0.1) is 0 Å². The smallest absolute Gasteiger partial charge is 0.225 e. The molecule has 0 bridgehead atoms. The fourth-order valence-electron chi connectivity index (χ4n) is 3.56. The Labute approximate surface area is 113 Å². The van der Waals surface area contributed by atoms with Crippen LogP contribution in [-0.2, 0) is 6.61 Å². The van der Waals surface area contributed by atoms with Crippen molar-refractivity contribution in [2.75, 3.05) is 31.1 Å². The van der Waals surface area contributed by atoms with Crippen LogP contribution in [0.5, 0.6) is 0 Å². The van der Waals surface area contributed by atoms with Gasteiger partial charge in [0.05, 0.1) is 12.3 Å². The molecule has 1 N–H and O–H groups in total. The first kappa shape index (κ1) is 11.6. The topological polar surface area (TPSA) is 52.5 Å². The summed E-state index contributed by atoms with van der Waals surface area (Å²) in [6.07, 6.45) is 4.56. The van der Waals surface area contributed by atoms with Crippen LogP contribution in [0.15, 0.2) is 12.3 Å². The summed E-state index contributed by atoms with van der Waals surface area (Å²) in [6.45, 7) is 4.65. The average molecular weight is 260 g/mol. The van der Waals surface area contributed by atoms with Gasteiger partial charge in [0.2, 0.25) is 5.95 Å². The Bertz CT molecular complexity index is 462. The third-order valence-corrected chi connectivity index (χ3v) is 4.72. The highest BCUT2D eigenvalue weighted by molar-refractivity contribution is 5.33. The van der Waals surface area contributed by atoms with Gasteiger partial charge >= 0.3 is 0 Å². The molecule has 102 valence electrons. The second kappa shape index (κ2) is 4.42. The van der Waals surface area contributed by atoms with Gasteiger partial charge in [0.15, 0.2) is 0 Å². The number of nitrogens with zero attached hydrogens (tertiary/aromatic N) is 4. The third-order valence-electron chi connectivity index (χ3n) is 4.72. The van der Waals surface area contributed by atoms with Crippen LogP contribution >= 0.6 is 0 Å². The molecule has 2 unspecified atom stereocenters. The molecule has 2 aliphatic heterocycles. The van der Waals surface area contributed by atoms with Crippen LogP contribution in [0.4, 0.5) is 5.95 Å². The predicted molar refractivity (Wildman–Crippen MR) is 71.7 cm³/mol. The Morgan fingerprint density at radius 3 is 2.53 bits per heavy atom. The zero-order valence-electron chi connectivity index (χ0n) is 11.1. The number of anilines is 1. The van der Waals surface area contributed by atoms with Crippen molar-refractivity contribution in [1.29, 1.82) is 0 Å². The van der Waals surface area contributed by atoms with Gasteiger partial charge in [-0.25, -0.2) is 9.97 Å². The minimum absolute atomic E-state index is 0.00826. The number of aliphatic hydroxyl groups excluding tert-OH is 1. The second-order valence-electron chi connectivity index (χ2n) is 6.12. The van der Waals surface area contributed by atoms with E-state index in [-0.39, 0.29) is 6.61 Å². The van der Waals surface area contributed by atoms with Crippen molar-refractivity contribution < 1.29 is 5.11 Å². The number of hydrogen-bond donors (Lipinski definition) is 1. The van der Waals surface area contributed by atoms with Crippen molar-refractivity contribution in [1.82, 2.24) is 14.9 Å². The van der Waals surface area contributed by atoms with E-state index in [0.29, 0.717) is 5.69 Å². The Morgan fingerprint density at radius 2 is 1.89 bits per heavy atom. The fraction of sp³-hybridized carbons (Fsp3) is 0.714. The summed E-state index contributed by atoms with van der Waals surface area (Å²) in [6, 6.07) is 2.67. The maximum absolute atomic E-state index is 9.15. The molecule has 2 atom stereocenters. The van der Waals surface area contributed by atoms with Crippen LogP contribution in [0.2, 0.25) is 0 Å². The summed E-state index contributed by atoms with van der Waals surface area (Å²) in [7, 11) is 0. The first-order chi connectivity index (χ1) is 9.33. The molecule has 4 rings (SSSR count). The van der Waals surface area contributed by atoms with E-state index in [1.165, 1.54) is 25.9 Å². The molecule has 3 heterocycles. The van der Waals surface area contributed by atoms with E-state index < -0.39 is 0 Å². The van der Waals surface area contributed by atoms with E-state index in [9.17, 15) is 0 Å². The molecule has 3 aliphatic rings. The van der Waals surface area contributed by atoms with Crippen molar-refractivity contribution >= 4 is 5.95 Å². The first-order valence-corrected chi connectivity index (χ1v) is 7.25. The lowest BCUT2D eigenvalue weighted by Crippen LogP contribution is -2.31. The van der Waals surface area contributed by atoms with E-state index in [1.54, 1.807) is 12.3 Å². The van der Waals surface area contributed by atoms with Crippen LogP contribution in [0, 0.1) is 11.8 Å². The van der Waals surface area contributed by atoms with Crippen LogP contribution < -0.4 is 4.90 Å². The van der Waals surface area contributed by atoms with Gasteiger partial charge in [-0.05, 0) is 30.7 Å². The van der Waals surface area contributed by atoms with Crippen molar-refractivity contribution in [3.8, 4) is 0 Å². The molecule has 0 radical (unpaired) electrons. The maximum atomic E-state index is 9.15. The van der Waals surface area contributed by atoms with Gasteiger partial charge in [-0.3, -0.25) is 4.90 Å². The van der Waals surface area contributed by atoms with E-state index in [2.05, 4.69) is 19.8 Å². The Hall–Kier alpha value is -1.20. The average Bonchev–Trinajstić information content (AvgIpc) is 3.09. The number of hydrogen-bond acceptors (Lipinski definition) is 5. The summed E-state index contributed by atoms with van der Waals surface area (Å²) >= 11 is 0. The number of likely N-dealkylation sites (tertiary alicyclic amines) is 1. The molecule has 0 spiro atoms. The molecular formula is C14H20N4O. The van der Waals surface area contributed by atoms with Gasteiger partial charge in [-0.1, -0.05) is 0 Å². The molecule has 5 nitrogen and oxygen atoms in total. The number of fused-ring (bicyclic) bond motifs is 1. The van der Waals surface area contributed by atoms with Gasteiger partial charge in [0, 0.05) is 38.4 Å². The summed E-state index contributed by atoms with van der Waals surface area (Å²) in [5.41, 5.74) is 0.710. The maximum Gasteiger partial charge on any atom is 0.225 e. The predicted octanol–water partition coefficient (Wildman–Crippen LogP) is 0.499. The lowest BCUT2D eigenvalue weighted by atomic mass is 10.0. The molecule has 19 heavy (non-hydrogen) atoms. The van der Waals surface area contributed by atoms with E-state index in [0.717, 1.165) is 36.9 Å². The van der Waals surface area contributed by atoms with Crippen molar-refractivity contribution in [2.45, 2.75) is 25.5 Å². The molecule has 1 saturated carbocycles. The Kier molecular flexibility index (Phi) is 2.70. The van der Waals surface area contributed by atoms with Gasteiger partial charge in [0.1, 0.15) is 0 Å². The van der Waals surface area contributed by atoms with Crippen molar-refractivity contribution in [3.63, 3.8) is 0 Å². The standard InChI is InChI=1S/C14H20N4O/c19-9-12-3-4-15-14(16-12)18-7-10-5-17(13-1-2-13)6-11(10)8-18/h3-4,10-11,13,19H,1-2,5-9H2. The lowest BCUT2D eigenvalue weighted by molar-refractivity contribution is 0.276. The Balaban J connectivity index is 1.45. The molecule has 1 aromatic rings. The largest absolute Gasteiger partial charge is 0.390 e. The van der Waals surface area contributed by atoms with Crippen molar-refractivity contribution in [2.24, 2.45) is 11.8 Å². The van der Waals surface area contributed by atoms with Gasteiger partial charge in [0.25, 0.3) is 0 Å². The number of rotatable bonds is 3. The molecule has 5 heteroatoms. The zero-order valence-corrected chi connectivity index (χ0v) is 11.1. The number of aliphatic hydroxyl groups is 1. The van der Waals surface area contributed by atoms with E-state index in [4.69, 9.17) is 5.11 Å². The molecule has 3 fully saturated rings. The SMILES string of the molecule is OCc1ccnc(N2CC3CN(C4CC4)CC3C2)n1. The quantitative estimate of drug-likeness (QED) is 0.857. The highest BCUT2D eigenvalue weighted by atomic mass is 16.3. The summed E-state index contributed by atoms with van der Waals surface area (Å²) in [5.74, 6) is 2.35.